The van der Waals surface area contributed by atoms with Gasteiger partial charge in [0.2, 0.25) is 0 Å². The molecule has 1 aromatic carbocycles. The first-order valence-corrected chi connectivity index (χ1v) is 10.6. The average Bonchev–Trinajstić information content (AvgIpc) is 3.06. The normalized spacial score (nSPS) is 18.9. The summed E-state index contributed by atoms with van der Waals surface area (Å²) in [5, 5.41) is 7.60. The van der Waals surface area contributed by atoms with E-state index in [-0.39, 0.29) is 12.1 Å². The SMILES string of the molecule is CCOc1ccc(C2NC(=O)c3c(sc4c3CCN(C(C)C)C4)N2)cc1OC. The molecule has 0 radical (unpaired) electrons. The molecule has 1 amide bonds. The maximum absolute atomic E-state index is 12.9. The molecule has 1 aromatic heterocycles. The van der Waals surface area contributed by atoms with E-state index in [9.17, 15) is 4.79 Å². The maximum Gasteiger partial charge on any atom is 0.256 e. The Morgan fingerprint density at radius 1 is 1.29 bits per heavy atom. The summed E-state index contributed by atoms with van der Waals surface area (Å²) < 4.78 is 11.1. The van der Waals surface area contributed by atoms with Gasteiger partial charge in [-0.3, -0.25) is 9.69 Å². The first kappa shape index (κ1) is 19.1. The number of hydrogen-bond acceptors (Lipinski definition) is 6. The van der Waals surface area contributed by atoms with Crippen LogP contribution in [0.25, 0.3) is 0 Å². The molecule has 2 aliphatic rings. The van der Waals surface area contributed by atoms with Gasteiger partial charge in [-0.15, -0.1) is 11.3 Å². The molecule has 28 heavy (non-hydrogen) atoms. The minimum absolute atomic E-state index is 0.00194. The summed E-state index contributed by atoms with van der Waals surface area (Å²) >= 11 is 1.71. The topological polar surface area (TPSA) is 62.8 Å². The van der Waals surface area contributed by atoms with Gasteiger partial charge in [0.05, 0.1) is 19.3 Å². The number of nitrogens with zero attached hydrogens (tertiary/aromatic N) is 1. The zero-order valence-corrected chi connectivity index (χ0v) is 17.6. The number of benzene rings is 1. The molecule has 2 N–H and O–H groups in total. The second-order valence-corrected chi connectivity index (χ2v) is 8.52. The minimum atomic E-state index is -0.286. The molecule has 1 atom stereocenters. The van der Waals surface area contributed by atoms with Crippen LogP contribution in [-0.4, -0.2) is 37.1 Å². The number of rotatable bonds is 5. The van der Waals surface area contributed by atoms with Crippen LogP contribution in [0.5, 0.6) is 11.5 Å². The molecule has 150 valence electrons. The molecule has 0 aliphatic carbocycles. The summed E-state index contributed by atoms with van der Waals surface area (Å²) in [4.78, 5) is 16.7. The van der Waals surface area contributed by atoms with Crippen LogP contribution < -0.4 is 20.1 Å². The molecule has 1 unspecified atom stereocenters. The number of amides is 1. The van der Waals surface area contributed by atoms with Crippen molar-refractivity contribution in [2.45, 2.75) is 45.9 Å². The Balaban J connectivity index is 1.62. The van der Waals surface area contributed by atoms with Crippen molar-refractivity contribution < 1.29 is 14.3 Å². The molecule has 0 saturated heterocycles. The predicted molar refractivity (Wildman–Crippen MR) is 112 cm³/mol. The molecule has 6 nitrogen and oxygen atoms in total. The summed E-state index contributed by atoms with van der Waals surface area (Å²) in [5.41, 5.74) is 2.98. The molecular formula is C21H27N3O3S. The molecule has 2 aliphatic heterocycles. The van der Waals surface area contributed by atoms with Crippen molar-refractivity contribution in [3.63, 3.8) is 0 Å². The summed E-state index contributed by atoms with van der Waals surface area (Å²) in [7, 11) is 1.63. The van der Waals surface area contributed by atoms with Gasteiger partial charge in [-0.05, 0) is 50.5 Å². The van der Waals surface area contributed by atoms with Crippen LogP contribution in [0, 0.1) is 0 Å². The third kappa shape index (κ3) is 3.33. The van der Waals surface area contributed by atoms with Gasteiger partial charge >= 0.3 is 0 Å². The summed E-state index contributed by atoms with van der Waals surface area (Å²) in [5.74, 6) is 1.37. The number of hydrogen-bond donors (Lipinski definition) is 2. The fourth-order valence-electron chi connectivity index (χ4n) is 3.88. The monoisotopic (exact) mass is 401 g/mol. The zero-order chi connectivity index (χ0) is 19.8. The van der Waals surface area contributed by atoms with Crippen molar-refractivity contribution >= 4 is 22.2 Å². The van der Waals surface area contributed by atoms with E-state index in [1.54, 1.807) is 18.4 Å². The number of anilines is 1. The number of carbonyl (C=O) groups is 1. The lowest BCUT2D eigenvalue weighted by Gasteiger charge is -2.31. The molecule has 4 rings (SSSR count). The first-order chi connectivity index (χ1) is 13.5. The Bertz CT molecular complexity index is 893. The highest BCUT2D eigenvalue weighted by Gasteiger charge is 2.33. The van der Waals surface area contributed by atoms with Crippen molar-refractivity contribution in [2.24, 2.45) is 0 Å². The van der Waals surface area contributed by atoms with Crippen molar-refractivity contribution in [1.29, 1.82) is 0 Å². The molecule has 0 fully saturated rings. The fraction of sp³-hybridized carbons (Fsp3) is 0.476. The largest absolute Gasteiger partial charge is 0.493 e. The highest BCUT2D eigenvalue weighted by Crippen LogP contribution is 2.41. The van der Waals surface area contributed by atoms with Gasteiger partial charge in [0.15, 0.2) is 11.5 Å². The Kier molecular flexibility index (Phi) is 5.21. The molecule has 7 heteroatoms. The third-order valence-corrected chi connectivity index (χ3v) is 6.56. The Morgan fingerprint density at radius 2 is 2.11 bits per heavy atom. The number of thiophene rings is 1. The van der Waals surface area contributed by atoms with E-state index in [1.165, 1.54) is 10.4 Å². The second kappa shape index (κ2) is 7.64. The van der Waals surface area contributed by atoms with Crippen molar-refractivity contribution in [1.82, 2.24) is 10.2 Å². The number of carbonyl (C=O) groups excluding carboxylic acids is 1. The lowest BCUT2D eigenvalue weighted by molar-refractivity contribution is 0.0934. The van der Waals surface area contributed by atoms with Crippen molar-refractivity contribution in [2.75, 3.05) is 25.6 Å². The van der Waals surface area contributed by atoms with Crippen LogP contribution in [0.1, 0.15) is 53.3 Å². The molecular weight excluding hydrogens is 374 g/mol. The van der Waals surface area contributed by atoms with Gasteiger partial charge in [0.1, 0.15) is 11.2 Å². The Morgan fingerprint density at radius 3 is 2.82 bits per heavy atom. The molecule has 0 saturated carbocycles. The highest BCUT2D eigenvalue weighted by molar-refractivity contribution is 7.16. The van der Waals surface area contributed by atoms with Crippen LogP contribution in [0.3, 0.4) is 0 Å². The fourth-order valence-corrected chi connectivity index (χ4v) is 5.18. The van der Waals surface area contributed by atoms with Gasteiger partial charge in [-0.25, -0.2) is 0 Å². The van der Waals surface area contributed by atoms with Crippen LogP contribution in [-0.2, 0) is 13.0 Å². The van der Waals surface area contributed by atoms with E-state index in [4.69, 9.17) is 9.47 Å². The first-order valence-electron chi connectivity index (χ1n) is 9.78. The van der Waals surface area contributed by atoms with Gasteiger partial charge in [0.25, 0.3) is 5.91 Å². The van der Waals surface area contributed by atoms with Crippen LogP contribution in [0.15, 0.2) is 18.2 Å². The van der Waals surface area contributed by atoms with Crippen LogP contribution in [0.4, 0.5) is 5.00 Å². The molecule has 2 aromatic rings. The second-order valence-electron chi connectivity index (χ2n) is 7.42. The van der Waals surface area contributed by atoms with Crippen molar-refractivity contribution in [3.8, 4) is 11.5 Å². The number of methoxy groups -OCH3 is 1. The van der Waals surface area contributed by atoms with E-state index in [1.807, 2.05) is 25.1 Å². The number of nitrogens with one attached hydrogen (secondary N) is 2. The standard InChI is InChI=1S/C21H27N3O3S/c1-5-27-15-7-6-13(10-16(15)26-4)19-22-20(25)18-14-8-9-24(12(2)3)11-17(14)28-21(18)23-19/h6-7,10,12,19,23H,5,8-9,11H2,1-4H3,(H,22,25). The smallest absolute Gasteiger partial charge is 0.256 e. The van der Waals surface area contributed by atoms with Gasteiger partial charge < -0.3 is 20.1 Å². The molecule has 3 heterocycles. The number of fused-ring (bicyclic) bond motifs is 3. The lowest BCUT2D eigenvalue weighted by atomic mass is 9.99. The average molecular weight is 402 g/mol. The van der Waals surface area contributed by atoms with Gasteiger partial charge in [-0.2, -0.15) is 0 Å². The minimum Gasteiger partial charge on any atom is -0.493 e. The van der Waals surface area contributed by atoms with Crippen LogP contribution in [0.2, 0.25) is 0 Å². The summed E-state index contributed by atoms with van der Waals surface area (Å²) in [6, 6.07) is 6.28. The lowest BCUT2D eigenvalue weighted by Crippen LogP contribution is -2.39. The van der Waals surface area contributed by atoms with Crippen molar-refractivity contribution in [3.05, 3.63) is 39.8 Å². The summed E-state index contributed by atoms with van der Waals surface area (Å²) in [6.07, 6.45) is 0.640. The van der Waals surface area contributed by atoms with Gasteiger partial charge in [-0.1, -0.05) is 6.07 Å². The van der Waals surface area contributed by atoms with E-state index < -0.39 is 0 Å². The maximum atomic E-state index is 12.9. The van der Waals surface area contributed by atoms with E-state index in [2.05, 4.69) is 29.4 Å². The quantitative estimate of drug-likeness (QED) is 0.798. The summed E-state index contributed by atoms with van der Waals surface area (Å²) in [6.45, 7) is 8.88. The Hall–Kier alpha value is -2.25. The van der Waals surface area contributed by atoms with E-state index in [0.29, 0.717) is 24.1 Å². The molecule has 0 bridgehead atoms. The highest BCUT2D eigenvalue weighted by atomic mass is 32.1. The van der Waals surface area contributed by atoms with Gasteiger partial charge in [0, 0.05) is 24.0 Å². The van der Waals surface area contributed by atoms with E-state index in [0.717, 1.165) is 35.6 Å². The van der Waals surface area contributed by atoms with Crippen LogP contribution >= 0.6 is 11.3 Å². The predicted octanol–water partition coefficient (Wildman–Crippen LogP) is 3.78. The third-order valence-electron chi connectivity index (χ3n) is 5.42. The Labute approximate surface area is 169 Å². The van der Waals surface area contributed by atoms with E-state index >= 15 is 0 Å². The molecule has 0 spiro atoms. The zero-order valence-electron chi connectivity index (χ0n) is 16.8. The number of ether oxygens (including phenoxy) is 2.